The molecule has 0 aromatic rings. The van der Waals surface area contributed by atoms with Crippen molar-refractivity contribution in [2.24, 2.45) is 0 Å². The van der Waals surface area contributed by atoms with Crippen LogP contribution in [0.15, 0.2) is 158 Å². The van der Waals surface area contributed by atoms with Crippen LogP contribution in [0.3, 0.4) is 0 Å². The van der Waals surface area contributed by atoms with Crippen LogP contribution in [0, 0.1) is 0 Å². The quantitative estimate of drug-likeness (QED) is 0.0199. The zero-order valence-corrected chi connectivity index (χ0v) is 44.5. The first-order valence-corrected chi connectivity index (χ1v) is 27.6. The first-order valence-electron chi connectivity index (χ1n) is 27.6. The molecule has 0 aromatic heterocycles. The fourth-order valence-corrected chi connectivity index (χ4v) is 6.85. The van der Waals surface area contributed by atoms with Gasteiger partial charge in [-0.3, -0.25) is 14.4 Å². The molecule has 0 aromatic carbocycles. The van der Waals surface area contributed by atoms with Gasteiger partial charge < -0.3 is 14.2 Å². The summed E-state index contributed by atoms with van der Waals surface area (Å²) in [6.07, 6.45) is 82.3. The third-order valence-corrected chi connectivity index (χ3v) is 10.9. The molecular weight excluding hydrogens is 865 g/mol. The van der Waals surface area contributed by atoms with Crippen LogP contribution < -0.4 is 0 Å². The smallest absolute Gasteiger partial charge is 0.306 e. The Bertz CT molecular complexity index is 1620. The third-order valence-electron chi connectivity index (χ3n) is 10.9. The lowest BCUT2D eigenvalue weighted by molar-refractivity contribution is -0.167. The minimum absolute atomic E-state index is 0.130. The predicted octanol–water partition coefficient (Wildman–Crippen LogP) is 18.6. The van der Waals surface area contributed by atoms with Gasteiger partial charge in [0.05, 0.1) is 0 Å². The number of rotatable bonds is 47. The molecule has 70 heavy (non-hydrogen) atoms. The molecule has 0 bridgehead atoms. The van der Waals surface area contributed by atoms with Crippen LogP contribution in [0.2, 0.25) is 0 Å². The molecule has 0 saturated carbocycles. The van der Waals surface area contributed by atoms with Gasteiger partial charge in [-0.05, 0) is 103 Å². The zero-order chi connectivity index (χ0) is 50.7. The van der Waals surface area contributed by atoms with Crippen LogP contribution >= 0.6 is 0 Å². The Labute approximate surface area is 429 Å². The van der Waals surface area contributed by atoms with Crippen LogP contribution in [0.5, 0.6) is 0 Å². The lowest BCUT2D eigenvalue weighted by Gasteiger charge is -2.18. The Morgan fingerprint density at radius 2 is 0.643 bits per heavy atom. The third kappa shape index (κ3) is 54.0. The summed E-state index contributed by atoms with van der Waals surface area (Å²) in [6.45, 7) is 6.25. The number of ether oxygens (including phenoxy) is 3. The van der Waals surface area contributed by atoms with Crippen LogP contribution in [0.25, 0.3) is 0 Å². The Balaban J connectivity index is 4.63. The van der Waals surface area contributed by atoms with Gasteiger partial charge >= 0.3 is 17.9 Å². The van der Waals surface area contributed by atoms with Gasteiger partial charge in [0.15, 0.2) is 6.10 Å². The minimum Gasteiger partial charge on any atom is -0.462 e. The molecule has 0 aliphatic rings. The predicted molar refractivity (Wildman–Crippen MR) is 302 cm³/mol. The van der Waals surface area contributed by atoms with E-state index in [1.165, 1.54) is 51.4 Å². The molecule has 0 rings (SSSR count). The maximum atomic E-state index is 12.8. The van der Waals surface area contributed by atoms with Crippen LogP contribution in [0.4, 0.5) is 0 Å². The molecule has 0 N–H and O–H groups in total. The highest BCUT2D eigenvalue weighted by Gasteiger charge is 2.19. The lowest BCUT2D eigenvalue weighted by atomic mass is 10.1. The zero-order valence-electron chi connectivity index (χ0n) is 44.5. The number of unbranched alkanes of at least 4 members (excludes halogenated alkanes) is 16. The van der Waals surface area contributed by atoms with Crippen LogP contribution in [-0.4, -0.2) is 37.2 Å². The summed E-state index contributed by atoms with van der Waals surface area (Å²) in [6, 6.07) is 0. The number of carbonyl (C=O) groups is 3. The molecule has 1 atom stereocenters. The Morgan fingerprint density at radius 3 is 1.11 bits per heavy atom. The van der Waals surface area contributed by atoms with Crippen molar-refractivity contribution in [3.05, 3.63) is 158 Å². The van der Waals surface area contributed by atoms with Gasteiger partial charge in [0, 0.05) is 19.3 Å². The molecular formula is C64H98O6. The van der Waals surface area contributed by atoms with E-state index in [1.807, 2.05) is 60.8 Å². The second-order valence-electron chi connectivity index (χ2n) is 17.6. The van der Waals surface area contributed by atoms with E-state index in [2.05, 4.69) is 118 Å². The van der Waals surface area contributed by atoms with E-state index >= 15 is 0 Å². The first-order chi connectivity index (χ1) is 34.5. The van der Waals surface area contributed by atoms with Crippen molar-refractivity contribution in [1.82, 2.24) is 0 Å². The molecule has 0 aliphatic carbocycles. The Morgan fingerprint density at radius 1 is 0.314 bits per heavy atom. The Kier molecular flexibility index (Phi) is 52.6. The van der Waals surface area contributed by atoms with Crippen LogP contribution in [-0.2, 0) is 28.6 Å². The van der Waals surface area contributed by atoms with Crippen molar-refractivity contribution in [3.8, 4) is 0 Å². The number of esters is 3. The second-order valence-corrected chi connectivity index (χ2v) is 17.6. The molecule has 6 heteroatoms. The van der Waals surface area contributed by atoms with Gasteiger partial charge in [-0.1, -0.05) is 243 Å². The van der Waals surface area contributed by atoms with Crippen molar-refractivity contribution in [2.75, 3.05) is 13.2 Å². The molecule has 390 valence electrons. The van der Waals surface area contributed by atoms with Gasteiger partial charge in [-0.15, -0.1) is 0 Å². The summed E-state index contributed by atoms with van der Waals surface area (Å²) in [7, 11) is 0. The number of carbonyl (C=O) groups excluding carboxylic acids is 3. The standard InChI is InChI=1S/C64H98O6/c1-4-7-10-13-16-19-22-25-28-31-34-36-39-42-45-48-51-54-57-63(66)69-60-61(70-64(67)58-55-52-49-46-43-40-37-33-30-27-24-21-18-15-12-9-6-3)59-68-62(65)56-53-50-47-44-41-38-35-32-29-26-23-20-17-14-11-8-5-2/h8-9,11-12,15,17-18,20-21,24,26-31,33-38,40,43-44,47,61H,4-7,10,13-14,16,19,22-23,25,32,39,41-42,45-46,48-60H2,1-3H3/b11-8-,12-9-,18-15-,20-17-,24-21-,29-26-,30-27-,31-28-,36-34-,37-33+,38-35-,43-40-,47-44-. The van der Waals surface area contributed by atoms with E-state index in [1.54, 1.807) is 0 Å². The van der Waals surface area contributed by atoms with Gasteiger partial charge in [0.25, 0.3) is 0 Å². The van der Waals surface area contributed by atoms with Crippen LogP contribution in [0.1, 0.15) is 207 Å². The number of hydrogen-bond acceptors (Lipinski definition) is 6. The average molecular weight is 963 g/mol. The molecule has 0 radical (unpaired) electrons. The SMILES string of the molecule is CC\C=C/C=C\C=C/C=C\C=C\C=C/CCCCCC(=O)OC(COC(=O)CCC/C=C\C/C=C\C/C=C\C/C=C\C/C=C\CC)COC(=O)CCCCCCC/C=C\C=C/CCCCCCCCC. The fourth-order valence-electron chi connectivity index (χ4n) is 6.85. The molecule has 0 aliphatic heterocycles. The van der Waals surface area contributed by atoms with Crippen molar-refractivity contribution in [2.45, 2.75) is 213 Å². The number of hydrogen-bond donors (Lipinski definition) is 0. The molecule has 0 heterocycles. The summed E-state index contributed by atoms with van der Waals surface area (Å²) in [5.41, 5.74) is 0. The maximum Gasteiger partial charge on any atom is 0.306 e. The van der Waals surface area contributed by atoms with E-state index in [-0.39, 0.29) is 44.0 Å². The lowest BCUT2D eigenvalue weighted by Crippen LogP contribution is -2.30. The Hall–Kier alpha value is -4.97. The topological polar surface area (TPSA) is 78.9 Å². The molecule has 0 fully saturated rings. The summed E-state index contributed by atoms with van der Waals surface area (Å²) in [5.74, 6) is -1.06. The summed E-state index contributed by atoms with van der Waals surface area (Å²) in [4.78, 5) is 38.1. The van der Waals surface area contributed by atoms with E-state index in [4.69, 9.17) is 14.2 Å². The van der Waals surface area contributed by atoms with E-state index in [9.17, 15) is 14.4 Å². The molecule has 0 amide bonds. The average Bonchev–Trinajstić information content (AvgIpc) is 3.36. The van der Waals surface area contributed by atoms with Gasteiger partial charge in [0.1, 0.15) is 13.2 Å². The summed E-state index contributed by atoms with van der Waals surface area (Å²) in [5, 5.41) is 0. The minimum atomic E-state index is -0.840. The summed E-state index contributed by atoms with van der Waals surface area (Å²) >= 11 is 0. The molecule has 0 spiro atoms. The van der Waals surface area contributed by atoms with E-state index < -0.39 is 6.10 Å². The highest BCUT2D eigenvalue weighted by atomic mass is 16.6. The molecule has 0 saturated heterocycles. The van der Waals surface area contributed by atoms with E-state index in [0.717, 1.165) is 103 Å². The van der Waals surface area contributed by atoms with Gasteiger partial charge in [-0.25, -0.2) is 0 Å². The van der Waals surface area contributed by atoms with Gasteiger partial charge in [-0.2, -0.15) is 0 Å². The van der Waals surface area contributed by atoms with Crippen molar-refractivity contribution >= 4 is 17.9 Å². The van der Waals surface area contributed by atoms with Crippen molar-refractivity contribution in [3.63, 3.8) is 0 Å². The second kappa shape index (κ2) is 56.6. The monoisotopic (exact) mass is 963 g/mol. The van der Waals surface area contributed by atoms with Gasteiger partial charge in [0.2, 0.25) is 0 Å². The highest BCUT2D eigenvalue weighted by molar-refractivity contribution is 5.71. The van der Waals surface area contributed by atoms with E-state index in [0.29, 0.717) is 19.3 Å². The fraction of sp³-hybridized carbons (Fsp3) is 0.547. The normalized spacial score (nSPS) is 13.4. The molecule has 1 unspecified atom stereocenters. The van der Waals surface area contributed by atoms with Crippen molar-refractivity contribution < 1.29 is 28.6 Å². The maximum absolute atomic E-state index is 12.8. The first kappa shape index (κ1) is 65.0. The highest BCUT2D eigenvalue weighted by Crippen LogP contribution is 2.12. The summed E-state index contributed by atoms with van der Waals surface area (Å²) < 4.78 is 16.7. The molecule has 6 nitrogen and oxygen atoms in total. The largest absolute Gasteiger partial charge is 0.462 e. The van der Waals surface area contributed by atoms with Crippen molar-refractivity contribution in [1.29, 1.82) is 0 Å². The number of allylic oxidation sites excluding steroid dienone is 26.